The molecule has 2 aromatic carbocycles. The number of pyridine rings is 1. The van der Waals surface area contributed by atoms with Gasteiger partial charge in [0.05, 0.1) is 5.52 Å². The van der Waals surface area contributed by atoms with Crippen LogP contribution in [0.1, 0.15) is 5.56 Å². The van der Waals surface area contributed by atoms with Crippen LogP contribution in [0.4, 0.5) is 5.69 Å². The summed E-state index contributed by atoms with van der Waals surface area (Å²) in [6.07, 6.45) is 2.66. The Labute approximate surface area is 171 Å². The zero-order chi connectivity index (χ0) is 19.5. The number of para-hydroxylation sites is 1. The van der Waals surface area contributed by atoms with Crippen LogP contribution in [-0.4, -0.2) is 42.1 Å². The fraction of sp³-hybridized carbons (Fsp3) is 0.261. The quantitative estimate of drug-likeness (QED) is 0.710. The van der Waals surface area contributed by atoms with Crippen LogP contribution in [0.3, 0.4) is 0 Å². The highest BCUT2D eigenvalue weighted by atomic mass is 35.5. The van der Waals surface area contributed by atoms with Crippen LogP contribution in [-0.2, 0) is 6.42 Å². The molecule has 1 fully saturated rings. The van der Waals surface area contributed by atoms with Crippen molar-refractivity contribution in [2.24, 2.45) is 5.73 Å². The molecule has 4 rings (SSSR count). The molecule has 5 heteroatoms. The Kier molecular flexibility index (Phi) is 5.51. The number of nitrogens with zero attached hydrogens (tertiary/aromatic N) is 3. The van der Waals surface area contributed by atoms with E-state index in [0.29, 0.717) is 0 Å². The number of hydrogen-bond acceptors (Lipinski definition) is 4. The van der Waals surface area contributed by atoms with E-state index in [1.807, 2.05) is 36.5 Å². The van der Waals surface area contributed by atoms with Crippen molar-refractivity contribution in [3.63, 3.8) is 0 Å². The van der Waals surface area contributed by atoms with E-state index < -0.39 is 0 Å². The topological polar surface area (TPSA) is 45.4 Å². The molecule has 28 heavy (non-hydrogen) atoms. The second-order valence-corrected chi connectivity index (χ2v) is 7.69. The van der Waals surface area contributed by atoms with Gasteiger partial charge in [-0.25, -0.2) is 0 Å². The van der Waals surface area contributed by atoms with Crippen LogP contribution in [0.15, 0.2) is 73.1 Å². The van der Waals surface area contributed by atoms with Crippen LogP contribution in [0.5, 0.6) is 0 Å². The minimum Gasteiger partial charge on any atom is -0.370 e. The molecule has 0 unspecified atom stereocenters. The van der Waals surface area contributed by atoms with Gasteiger partial charge in [0.1, 0.15) is 0 Å². The molecule has 0 aliphatic carbocycles. The van der Waals surface area contributed by atoms with Gasteiger partial charge in [0, 0.05) is 60.2 Å². The highest BCUT2D eigenvalue weighted by Gasteiger charge is 2.22. The molecule has 1 aliphatic heterocycles. The fourth-order valence-electron chi connectivity index (χ4n) is 3.82. The van der Waals surface area contributed by atoms with Crippen molar-refractivity contribution in [1.29, 1.82) is 0 Å². The molecule has 1 atom stereocenters. The van der Waals surface area contributed by atoms with E-state index in [0.717, 1.165) is 48.8 Å². The highest BCUT2D eigenvalue weighted by Crippen LogP contribution is 2.26. The molecule has 0 amide bonds. The Hall–Kier alpha value is -2.56. The third-order valence-corrected chi connectivity index (χ3v) is 5.70. The summed E-state index contributed by atoms with van der Waals surface area (Å²) >= 11 is 5.97. The Morgan fingerprint density at radius 1 is 1.04 bits per heavy atom. The first kappa shape index (κ1) is 18.8. The van der Waals surface area contributed by atoms with Gasteiger partial charge in [-0.2, -0.15) is 0 Å². The minimum atomic E-state index is -0.0884. The Bertz CT molecular complexity index is 957. The van der Waals surface area contributed by atoms with Crippen molar-refractivity contribution in [1.82, 2.24) is 9.88 Å². The number of fused-ring (bicyclic) bond motifs is 1. The summed E-state index contributed by atoms with van der Waals surface area (Å²) in [6, 6.07) is 18.2. The van der Waals surface area contributed by atoms with Crippen molar-refractivity contribution in [3.8, 4) is 0 Å². The molecule has 1 aromatic heterocycles. The first-order valence-corrected chi connectivity index (χ1v) is 10.0. The molecular weight excluding hydrogens is 368 g/mol. The van der Waals surface area contributed by atoms with E-state index in [9.17, 15) is 0 Å². The second kappa shape index (κ2) is 8.21. The number of aromatic nitrogens is 1. The fourth-order valence-corrected chi connectivity index (χ4v) is 3.94. The van der Waals surface area contributed by atoms with E-state index in [4.69, 9.17) is 17.3 Å². The number of nitrogens with two attached hydrogens (primary N) is 1. The number of hydrogen-bond donors (Lipinski definition) is 1. The lowest BCUT2D eigenvalue weighted by Gasteiger charge is -2.40. The maximum atomic E-state index is 6.44. The third-order valence-electron chi connectivity index (χ3n) is 5.45. The number of anilines is 1. The van der Waals surface area contributed by atoms with Crippen molar-refractivity contribution < 1.29 is 0 Å². The average Bonchev–Trinajstić information content (AvgIpc) is 2.74. The molecule has 1 aliphatic rings. The summed E-state index contributed by atoms with van der Waals surface area (Å²) in [5, 5.41) is 1.95. The van der Waals surface area contributed by atoms with Gasteiger partial charge in [0.25, 0.3) is 0 Å². The molecule has 0 radical (unpaired) electrons. The number of benzene rings is 2. The summed E-state index contributed by atoms with van der Waals surface area (Å²) in [7, 11) is 0. The van der Waals surface area contributed by atoms with Crippen molar-refractivity contribution in [2.75, 3.05) is 31.1 Å². The zero-order valence-corrected chi connectivity index (χ0v) is 16.6. The minimum absolute atomic E-state index is 0.0884. The maximum Gasteiger partial charge on any atom is 0.0722 e. The van der Waals surface area contributed by atoms with E-state index in [1.54, 1.807) is 0 Å². The zero-order valence-electron chi connectivity index (χ0n) is 15.9. The third kappa shape index (κ3) is 3.98. The normalized spacial score (nSPS) is 15.6. The van der Waals surface area contributed by atoms with E-state index in [-0.39, 0.29) is 6.04 Å². The molecule has 3 aromatic rings. The lowest BCUT2D eigenvalue weighted by Crippen LogP contribution is -2.48. The number of rotatable bonds is 5. The lowest BCUT2D eigenvalue weighted by atomic mass is 10.0. The van der Waals surface area contributed by atoms with Crippen LogP contribution in [0.2, 0.25) is 5.02 Å². The van der Waals surface area contributed by atoms with Crippen molar-refractivity contribution in [2.45, 2.75) is 12.5 Å². The van der Waals surface area contributed by atoms with Crippen LogP contribution < -0.4 is 10.6 Å². The van der Waals surface area contributed by atoms with Gasteiger partial charge in [0.2, 0.25) is 0 Å². The first-order valence-electron chi connectivity index (χ1n) is 9.64. The standard InChI is InChI=1S/C23H25ClN4/c1-17(21(25)16-18-6-8-19(24)9-7-18)27-12-14-28(15-13-27)23-10-11-26-22-5-3-2-4-20(22)23/h2-11,21H,1,12-16,25H2/t21-/m1/s1. The van der Waals surface area contributed by atoms with Crippen LogP contribution >= 0.6 is 11.6 Å². The van der Waals surface area contributed by atoms with Gasteiger partial charge in [-0.05, 0) is 36.2 Å². The van der Waals surface area contributed by atoms with Gasteiger partial charge in [-0.1, -0.05) is 48.5 Å². The summed E-state index contributed by atoms with van der Waals surface area (Å²) < 4.78 is 0. The van der Waals surface area contributed by atoms with Crippen LogP contribution in [0.25, 0.3) is 10.9 Å². The summed E-state index contributed by atoms with van der Waals surface area (Å²) in [6.45, 7) is 8.02. The van der Waals surface area contributed by atoms with Crippen molar-refractivity contribution >= 4 is 28.2 Å². The molecule has 144 valence electrons. The number of piperazine rings is 1. The highest BCUT2D eigenvalue weighted by molar-refractivity contribution is 6.30. The summed E-state index contributed by atoms with van der Waals surface area (Å²) in [4.78, 5) is 9.22. The summed E-state index contributed by atoms with van der Waals surface area (Å²) in [5.41, 5.74) is 10.9. The smallest absolute Gasteiger partial charge is 0.0722 e. The first-order chi connectivity index (χ1) is 13.6. The summed E-state index contributed by atoms with van der Waals surface area (Å²) in [5.74, 6) is 0. The molecule has 0 spiro atoms. The predicted octanol–water partition coefficient (Wildman–Crippen LogP) is 4.09. The van der Waals surface area contributed by atoms with Crippen molar-refractivity contribution in [3.05, 3.63) is 83.7 Å². The lowest BCUT2D eigenvalue weighted by molar-refractivity contribution is 0.303. The molecule has 2 heterocycles. The second-order valence-electron chi connectivity index (χ2n) is 7.25. The van der Waals surface area contributed by atoms with Gasteiger partial charge < -0.3 is 15.5 Å². The Balaban J connectivity index is 1.39. The van der Waals surface area contributed by atoms with E-state index in [2.05, 4.69) is 45.6 Å². The van der Waals surface area contributed by atoms with Gasteiger partial charge in [-0.15, -0.1) is 0 Å². The monoisotopic (exact) mass is 392 g/mol. The average molecular weight is 393 g/mol. The van der Waals surface area contributed by atoms with Gasteiger partial charge in [-0.3, -0.25) is 4.98 Å². The predicted molar refractivity (Wildman–Crippen MR) is 118 cm³/mol. The maximum absolute atomic E-state index is 6.44. The molecule has 2 N–H and O–H groups in total. The van der Waals surface area contributed by atoms with E-state index >= 15 is 0 Å². The Morgan fingerprint density at radius 3 is 2.50 bits per heavy atom. The largest absolute Gasteiger partial charge is 0.370 e. The van der Waals surface area contributed by atoms with E-state index in [1.165, 1.54) is 16.6 Å². The SMILES string of the molecule is C=C([C@H](N)Cc1ccc(Cl)cc1)N1CCN(c2ccnc3ccccc23)CC1. The van der Waals surface area contributed by atoms with Crippen LogP contribution in [0, 0.1) is 0 Å². The van der Waals surface area contributed by atoms with Gasteiger partial charge in [0.15, 0.2) is 0 Å². The molecule has 0 bridgehead atoms. The molecule has 1 saturated heterocycles. The van der Waals surface area contributed by atoms with Gasteiger partial charge >= 0.3 is 0 Å². The Morgan fingerprint density at radius 2 is 1.75 bits per heavy atom. The molecule has 0 saturated carbocycles. The molecule has 4 nitrogen and oxygen atoms in total. The molecular formula is C23H25ClN4. The number of halogens is 1.